The minimum absolute atomic E-state index is 0.229. The molecule has 0 aromatic carbocycles. The number of allylic oxidation sites excluding steroid dienone is 4. The van der Waals surface area contributed by atoms with E-state index in [9.17, 15) is 0 Å². The molecule has 0 aliphatic heterocycles. The molecule has 0 aromatic heterocycles. The Labute approximate surface area is 112 Å². The third kappa shape index (κ3) is 4.72. The highest BCUT2D eigenvalue weighted by molar-refractivity contribution is 7.81. The molecule has 1 unspecified atom stereocenters. The van der Waals surface area contributed by atoms with Gasteiger partial charge in [0.15, 0.2) is 0 Å². The van der Waals surface area contributed by atoms with Crippen molar-refractivity contribution < 1.29 is 0 Å². The van der Waals surface area contributed by atoms with E-state index in [0.717, 1.165) is 0 Å². The molecule has 1 aliphatic carbocycles. The Hall–Kier alpha value is -0.470. The highest BCUT2D eigenvalue weighted by atomic mass is 32.1. The second kappa shape index (κ2) is 7.78. The van der Waals surface area contributed by atoms with Crippen LogP contribution in [0.1, 0.15) is 39.0 Å². The molecule has 1 nitrogen and oxygen atoms in total. The van der Waals surface area contributed by atoms with E-state index < -0.39 is 0 Å². The van der Waals surface area contributed by atoms with E-state index in [2.05, 4.69) is 31.5 Å². The number of rotatable bonds is 5. The molecule has 0 aromatic rings. The van der Waals surface area contributed by atoms with Crippen LogP contribution in [0, 0.1) is 0 Å². The maximum absolute atomic E-state index is 4.73. The molecule has 96 valence electrons. The quantitative estimate of drug-likeness (QED) is 0.435. The van der Waals surface area contributed by atoms with E-state index in [-0.39, 0.29) is 5.37 Å². The Morgan fingerprint density at radius 2 is 1.94 bits per heavy atom. The molecule has 0 amide bonds. The lowest BCUT2D eigenvalue weighted by Crippen LogP contribution is -2.39. The fourth-order valence-electron chi connectivity index (χ4n) is 2.38. The van der Waals surface area contributed by atoms with Crippen LogP contribution in [0.4, 0.5) is 0 Å². The van der Waals surface area contributed by atoms with E-state index >= 15 is 0 Å². The van der Waals surface area contributed by atoms with E-state index in [4.69, 9.17) is 12.6 Å². The predicted molar refractivity (Wildman–Crippen MR) is 80.5 cm³/mol. The summed E-state index contributed by atoms with van der Waals surface area (Å²) in [6.07, 6.45) is 14.7. The number of thiol groups is 1. The lowest BCUT2D eigenvalue weighted by atomic mass is 9.94. The van der Waals surface area contributed by atoms with Crippen LogP contribution in [0.2, 0.25) is 0 Å². The first-order valence-electron chi connectivity index (χ1n) is 6.52. The van der Waals surface area contributed by atoms with Gasteiger partial charge in [-0.3, -0.25) is 4.90 Å². The summed E-state index contributed by atoms with van der Waals surface area (Å²) in [5.41, 5.74) is 1.29. The standard InChI is InChI=1S/C15H25NS/c1-4-5-7-10-13(2)15(17)16(3)14-11-8-6-9-12-14/h4-5,7,10,14-15,17H,1,6,8-9,11-12H2,2-3H3/b7-5-,13-10+. The van der Waals surface area contributed by atoms with E-state index in [1.807, 2.05) is 12.2 Å². The predicted octanol–water partition coefficient (Wildman–Crippen LogP) is 4.20. The maximum atomic E-state index is 4.73. The van der Waals surface area contributed by atoms with Crippen molar-refractivity contribution in [2.24, 2.45) is 0 Å². The molecule has 17 heavy (non-hydrogen) atoms. The minimum Gasteiger partial charge on any atom is -0.288 e. The van der Waals surface area contributed by atoms with Crippen LogP contribution in [-0.2, 0) is 0 Å². The minimum atomic E-state index is 0.229. The monoisotopic (exact) mass is 251 g/mol. The van der Waals surface area contributed by atoms with Crippen molar-refractivity contribution in [3.8, 4) is 0 Å². The Balaban J connectivity index is 2.54. The van der Waals surface area contributed by atoms with Crippen LogP contribution in [-0.4, -0.2) is 23.4 Å². The van der Waals surface area contributed by atoms with Crippen LogP contribution in [0.15, 0.2) is 36.5 Å². The van der Waals surface area contributed by atoms with Crippen LogP contribution < -0.4 is 0 Å². The van der Waals surface area contributed by atoms with Crippen LogP contribution in [0.3, 0.4) is 0 Å². The maximum Gasteiger partial charge on any atom is 0.0744 e. The van der Waals surface area contributed by atoms with Crippen molar-refractivity contribution in [2.45, 2.75) is 50.4 Å². The normalized spacial score (nSPS) is 21.1. The van der Waals surface area contributed by atoms with Crippen molar-refractivity contribution >= 4 is 12.6 Å². The van der Waals surface area contributed by atoms with Gasteiger partial charge in [-0.15, -0.1) is 0 Å². The van der Waals surface area contributed by atoms with Crippen LogP contribution >= 0.6 is 12.6 Å². The third-order valence-corrected chi connectivity index (χ3v) is 4.32. The van der Waals surface area contributed by atoms with Crippen LogP contribution in [0.25, 0.3) is 0 Å². The van der Waals surface area contributed by atoms with Gasteiger partial charge in [0.2, 0.25) is 0 Å². The van der Waals surface area contributed by atoms with Crippen LogP contribution in [0.5, 0.6) is 0 Å². The molecular formula is C15H25NS. The molecule has 0 spiro atoms. The average Bonchev–Trinajstić information content (AvgIpc) is 2.38. The van der Waals surface area contributed by atoms with Gasteiger partial charge >= 0.3 is 0 Å². The summed E-state index contributed by atoms with van der Waals surface area (Å²) < 4.78 is 0. The summed E-state index contributed by atoms with van der Waals surface area (Å²) in [6, 6.07) is 0.706. The molecular weight excluding hydrogens is 226 g/mol. The van der Waals surface area contributed by atoms with E-state index in [0.29, 0.717) is 6.04 Å². The van der Waals surface area contributed by atoms with Gasteiger partial charge in [-0.2, -0.15) is 12.6 Å². The number of nitrogens with zero attached hydrogens (tertiary/aromatic N) is 1. The summed E-state index contributed by atoms with van der Waals surface area (Å²) in [7, 11) is 2.20. The van der Waals surface area contributed by atoms with Crippen molar-refractivity contribution in [3.05, 3.63) is 36.5 Å². The van der Waals surface area contributed by atoms with Gasteiger partial charge in [0.1, 0.15) is 0 Å². The highest BCUT2D eigenvalue weighted by Gasteiger charge is 2.22. The van der Waals surface area contributed by atoms with Gasteiger partial charge in [-0.1, -0.05) is 50.1 Å². The molecule has 1 saturated carbocycles. The number of hydrogen-bond donors (Lipinski definition) is 1. The average molecular weight is 251 g/mol. The second-order valence-electron chi connectivity index (χ2n) is 4.86. The summed E-state index contributed by atoms with van der Waals surface area (Å²) >= 11 is 4.73. The fraction of sp³-hybridized carbons (Fsp3) is 0.600. The van der Waals surface area contributed by atoms with Crippen molar-refractivity contribution in [1.29, 1.82) is 0 Å². The lowest BCUT2D eigenvalue weighted by Gasteiger charge is -2.35. The zero-order valence-corrected chi connectivity index (χ0v) is 12.0. The third-order valence-electron chi connectivity index (χ3n) is 3.55. The first-order valence-corrected chi connectivity index (χ1v) is 7.04. The summed E-state index contributed by atoms with van der Waals surface area (Å²) in [6.45, 7) is 5.81. The zero-order chi connectivity index (χ0) is 12.7. The van der Waals surface area contributed by atoms with Crippen molar-refractivity contribution in [3.63, 3.8) is 0 Å². The number of likely N-dealkylation sites (N-methyl/N-ethyl adjacent to an activating group) is 1. The van der Waals surface area contributed by atoms with Crippen molar-refractivity contribution in [2.75, 3.05) is 7.05 Å². The Morgan fingerprint density at radius 1 is 1.29 bits per heavy atom. The van der Waals surface area contributed by atoms with Gasteiger partial charge in [-0.25, -0.2) is 0 Å². The zero-order valence-electron chi connectivity index (χ0n) is 11.1. The second-order valence-corrected chi connectivity index (χ2v) is 5.35. The molecule has 2 heteroatoms. The fourth-order valence-corrected chi connectivity index (χ4v) is 2.66. The van der Waals surface area contributed by atoms with E-state index in [1.165, 1.54) is 37.7 Å². The van der Waals surface area contributed by atoms with Gasteiger partial charge in [0.25, 0.3) is 0 Å². The van der Waals surface area contributed by atoms with Gasteiger partial charge < -0.3 is 0 Å². The molecule has 1 rings (SSSR count). The SMILES string of the molecule is C=C/C=C\C=C(/C)C(S)N(C)C1CCCCC1. The molecule has 0 saturated heterocycles. The molecule has 0 radical (unpaired) electrons. The van der Waals surface area contributed by atoms with Crippen molar-refractivity contribution in [1.82, 2.24) is 4.90 Å². The Morgan fingerprint density at radius 3 is 2.53 bits per heavy atom. The first kappa shape index (κ1) is 14.6. The van der Waals surface area contributed by atoms with E-state index in [1.54, 1.807) is 6.08 Å². The number of hydrogen-bond acceptors (Lipinski definition) is 2. The summed E-state index contributed by atoms with van der Waals surface area (Å²) in [5.74, 6) is 0. The topological polar surface area (TPSA) is 3.24 Å². The Bertz CT molecular complexity index is 287. The highest BCUT2D eigenvalue weighted by Crippen LogP contribution is 2.26. The molecule has 0 heterocycles. The van der Waals surface area contributed by atoms with Gasteiger partial charge in [0.05, 0.1) is 5.37 Å². The van der Waals surface area contributed by atoms with Gasteiger partial charge in [0, 0.05) is 6.04 Å². The lowest BCUT2D eigenvalue weighted by molar-refractivity contribution is 0.193. The molecule has 0 N–H and O–H groups in total. The molecule has 1 fully saturated rings. The summed E-state index contributed by atoms with van der Waals surface area (Å²) in [5, 5.41) is 0.229. The molecule has 1 atom stereocenters. The summed E-state index contributed by atoms with van der Waals surface area (Å²) in [4.78, 5) is 2.41. The largest absolute Gasteiger partial charge is 0.288 e. The molecule has 0 bridgehead atoms. The molecule has 1 aliphatic rings. The Kier molecular flexibility index (Phi) is 6.68. The first-order chi connectivity index (χ1) is 8.16. The smallest absolute Gasteiger partial charge is 0.0744 e. The van der Waals surface area contributed by atoms with Gasteiger partial charge in [-0.05, 0) is 32.4 Å².